The molecule has 0 aliphatic heterocycles. The van der Waals surface area contributed by atoms with Gasteiger partial charge in [0.2, 0.25) is 12.0 Å². The molecule has 1 amide bonds. The quantitative estimate of drug-likeness (QED) is 0.422. The number of H-pyrrole nitrogens is 1. The first-order chi connectivity index (χ1) is 15.2. The van der Waals surface area contributed by atoms with Gasteiger partial charge in [0.05, 0.1) is 17.8 Å². The Hall–Kier alpha value is -3.70. The number of hydrogen-bond acceptors (Lipinski definition) is 9. The van der Waals surface area contributed by atoms with Crippen molar-refractivity contribution in [2.24, 2.45) is 0 Å². The first kappa shape index (κ1) is 20.6. The lowest BCUT2D eigenvalue weighted by Gasteiger charge is -2.18. The lowest BCUT2D eigenvalue weighted by molar-refractivity contribution is -0.125. The Bertz CT molecular complexity index is 1190. The molecule has 1 atom stereocenters. The summed E-state index contributed by atoms with van der Waals surface area (Å²) in [7, 11) is 0. The third-order valence-electron chi connectivity index (χ3n) is 4.10. The molecule has 0 aliphatic rings. The van der Waals surface area contributed by atoms with Crippen molar-refractivity contribution in [1.82, 2.24) is 35.1 Å². The Morgan fingerprint density at radius 2 is 2.16 bits per heavy atom. The van der Waals surface area contributed by atoms with Crippen molar-refractivity contribution in [1.29, 1.82) is 0 Å². The summed E-state index contributed by atoms with van der Waals surface area (Å²) in [5.41, 5.74) is 0.783. The average Bonchev–Trinajstić information content (AvgIpc) is 3.26. The number of halogens is 1. The molecule has 4 aromatic heterocycles. The van der Waals surface area contributed by atoms with Crippen molar-refractivity contribution in [3.05, 3.63) is 48.1 Å². The average molecular weight is 441 g/mol. The van der Waals surface area contributed by atoms with Gasteiger partial charge in [-0.05, 0) is 25.1 Å². The third-order valence-corrected chi connectivity index (χ3v) is 4.40. The smallest absolute Gasteiger partial charge is 0.269 e. The van der Waals surface area contributed by atoms with Gasteiger partial charge in [-0.25, -0.2) is 15.0 Å². The summed E-state index contributed by atoms with van der Waals surface area (Å²) in [6, 6.07) is 4.95. The minimum atomic E-state index is -1.02. The molecule has 0 aromatic carbocycles. The molecule has 0 fully saturated rings. The molecule has 0 radical (unpaired) electrons. The molecule has 11 nitrogen and oxygen atoms in total. The van der Waals surface area contributed by atoms with Crippen molar-refractivity contribution < 1.29 is 14.3 Å². The molecule has 12 heteroatoms. The molecule has 4 rings (SSSR count). The lowest BCUT2D eigenvalue weighted by atomic mass is 10.3. The van der Waals surface area contributed by atoms with Gasteiger partial charge in [-0.3, -0.25) is 14.9 Å². The van der Waals surface area contributed by atoms with Gasteiger partial charge in [0.15, 0.2) is 11.5 Å². The number of hydrogen-bond donors (Lipinski definition) is 2. The van der Waals surface area contributed by atoms with Gasteiger partial charge in [-0.1, -0.05) is 11.6 Å². The predicted octanol–water partition coefficient (Wildman–Crippen LogP) is 2.28. The highest BCUT2D eigenvalue weighted by atomic mass is 35.5. The molecule has 0 aliphatic carbocycles. The van der Waals surface area contributed by atoms with E-state index in [2.05, 4.69) is 40.4 Å². The van der Waals surface area contributed by atoms with Crippen LogP contribution in [0.5, 0.6) is 5.88 Å². The number of fused-ring (bicyclic) bond motifs is 1. The van der Waals surface area contributed by atoms with E-state index in [4.69, 9.17) is 21.1 Å². The van der Waals surface area contributed by atoms with Gasteiger partial charge in [-0.2, -0.15) is 10.1 Å². The van der Waals surface area contributed by atoms with E-state index in [0.717, 1.165) is 0 Å². The van der Waals surface area contributed by atoms with E-state index in [9.17, 15) is 4.79 Å². The van der Waals surface area contributed by atoms with Crippen LogP contribution in [0.3, 0.4) is 0 Å². The molecular weight excluding hydrogens is 424 g/mol. The number of aromatic nitrogens is 7. The molecule has 2 N–H and O–H groups in total. The number of ether oxygens (including phenoxy) is 2. The van der Waals surface area contributed by atoms with Gasteiger partial charge >= 0.3 is 0 Å². The summed E-state index contributed by atoms with van der Waals surface area (Å²) < 4.78 is 11.4. The fourth-order valence-electron chi connectivity index (χ4n) is 2.65. The van der Waals surface area contributed by atoms with Crippen molar-refractivity contribution in [2.45, 2.75) is 13.0 Å². The molecule has 0 saturated carbocycles. The van der Waals surface area contributed by atoms with Gasteiger partial charge in [0.25, 0.3) is 5.91 Å². The van der Waals surface area contributed by atoms with E-state index in [0.29, 0.717) is 34.2 Å². The van der Waals surface area contributed by atoms with E-state index < -0.39 is 12.0 Å². The Morgan fingerprint density at radius 3 is 2.94 bits per heavy atom. The van der Waals surface area contributed by atoms with Crippen LogP contribution in [-0.2, 0) is 9.53 Å². The minimum Gasteiger partial charge on any atom is -0.461 e. The fourth-order valence-corrected chi connectivity index (χ4v) is 2.85. The number of carbonyl (C=O) groups excluding carboxylic acids is 1. The summed E-state index contributed by atoms with van der Waals surface area (Å²) in [6.45, 7) is 2.22. The number of anilines is 1. The van der Waals surface area contributed by atoms with E-state index in [1.165, 1.54) is 18.7 Å². The first-order valence-corrected chi connectivity index (χ1v) is 9.66. The maximum atomic E-state index is 12.8. The Morgan fingerprint density at radius 1 is 1.26 bits per heavy atom. The maximum Gasteiger partial charge on any atom is 0.269 e. The molecule has 0 unspecified atom stereocenters. The Balaban J connectivity index is 1.67. The van der Waals surface area contributed by atoms with Gasteiger partial charge in [0.1, 0.15) is 23.2 Å². The molecule has 31 heavy (non-hydrogen) atoms. The van der Waals surface area contributed by atoms with Crippen LogP contribution in [-0.4, -0.2) is 60.3 Å². The summed E-state index contributed by atoms with van der Waals surface area (Å²) in [5, 5.41) is 10.3. The topological polar surface area (TPSA) is 141 Å². The SMILES string of the molecule is CCOC[C@H](Oc1nc(-c2ncccc2Cl)nc2[nH]ncc12)C(=O)Nc1ccncn1. The zero-order valence-electron chi connectivity index (χ0n) is 16.3. The monoisotopic (exact) mass is 440 g/mol. The van der Waals surface area contributed by atoms with Gasteiger partial charge in [0, 0.05) is 19.0 Å². The number of carbonyl (C=O) groups is 1. The summed E-state index contributed by atoms with van der Waals surface area (Å²) in [5.74, 6) is 0.240. The van der Waals surface area contributed by atoms with Crippen molar-refractivity contribution in [3.63, 3.8) is 0 Å². The highest BCUT2D eigenvalue weighted by molar-refractivity contribution is 6.32. The number of aromatic amines is 1. The van der Waals surface area contributed by atoms with Crippen LogP contribution in [0.15, 0.2) is 43.1 Å². The molecule has 0 spiro atoms. The van der Waals surface area contributed by atoms with Gasteiger partial charge in [-0.15, -0.1) is 0 Å². The number of nitrogens with zero attached hydrogens (tertiary/aromatic N) is 6. The van der Waals surface area contributed by atoms with Crippen molar-refractivity contribution in [3.8, 4) is 17.4 Å². The van der Waals surface area contributed by atoms with Crippen molar-refractivity contribution in [2.75, 3.05) is 18.5 Å². The van der Waals surface area contributed by atoms with Crippen LogP contribution < -0.4 is 10.1 Å². The molecular formula is C19H17ClN8O3. The number of nitrogens with one attached hydrogen (secondary N) is 2. The lowest BCUT2D eigenvalue weighted by Crippen LogP contribution is -2.37. The number of pyridine rings is 1. The highest BCUT2D eigenvalue weighted by Gasteiger charge is 2.25. The fraction of sp³-hybridized carbons (Fsp3) is 0.211. The zero-order valence-corrected chi connectivity index (χ0v) is 17.1. The Kier molecular flexibility index (Phi) is 6.24. The third kappa shape index (κ3) is 4.73. The van der Waals surface area contributed by atoms with Crippen molar-refractivity contribution >= 4 is 34.4 Å². The number of rotatable bonds is 8. The van der Waals surface area contributed by atoms with Crippen LogP contribution in [0.25, 0.3) is 22.6 Å². The van der Waals surface area contributed by atoms with Crippen LogP contribution in [0.2, 0.25) is 5.02 Å². The van der Waals surface area contributed by atoms with E-state index in [1.807, 2.05) is 6.92 Å². The second-order valence-corrected chi connectivity index (χ2v) is 6.58. The van der Waals surface area contributed by atoms with Gasteiger partial charge < -0.3 is 14.8 Å². The second kappa shape index (κ2) is 9.41. The zero-order chi connectivity index (χ0) is 21.6. The standard InChI is InChI=1S/C19H17ClN8O3/c1-2-30-9-13(18(29)25-14-5-7-21-10-23-14)31-19-11-8-24-28-16(11)26-17(27-19)15-12(20)4-3-6-22-15/h3-8,10,13H,2,9H2,1H3,(H,21,23,25,29)(H,24,26,27,28)/t13-/m0/s1. The summed E-state index contributed by atoms with van der Waals surface area (Å²) >= 11 is 6.25. The van der Waals surface area contributed by atoms with Crippen LogP contribution in [0.1, 0.15) is 6.92 Å². The largest absolute Gasteiger partial charge is 0.461 e. The van der Waals surface area contributed by atoms with Crippen LogP contribution in [0.4, 0.5) is 5.82 Å². The molecule has 4 aromatic rings. The van der Waals surface area contributed by atoms with E-state index in [1.54, 1.807) is 24.4 Å². The maximum absolute atomic E-state index is 12.8. The van der Waals surface area contributed by atoms with Crippen LogP contribution in [0, 0.1) is 0 Å². The first-order valence-electron chi connectivity index (χ1n) is 9.29. The summed E-state index contributed by atoms with van der Waals surface area (Å²) in [6.07, 6.45) is 4.92. The Labute approximate surface area is 181 Å². The molecule has 158 valence electrons. The highest BCUT2D eigenvalue weighted by Crippen LogP contribution is 2.28. The minimum absolute atomic E-state index is 0.00353. The molecule has 0 saturated heterocycles. The van der Waals surface area contributed by atoms with E-state index in [-0.39, 0.29) is 18.3 Å². The van der Waals surface area contributed by atoms with Crippen LogP contribution >= 0.6 is 11.6 Å². The number of amides is 1. The molecule has 0 bridgehead atoms. The van der Waals surface area contributed by atoms with E-state index >= 15 is 0 Å². The second-order valence-electron chi connectivity index (χ2n) is 6.17. The summed E-state index contributed by atoms with van der Waals surface area (Å²) in [4.78, 5) is 33.7. The predicted molar refractivity (Wildman–Crippen MR) is 111 cm³/mol. The normalized spacial score (nSPS) is 11.9. The molecule has 4 heterocycles.